The summed E-state index contributed by atoms with van der Waals surface area (Å²) >= 11 is 0. The molecule has 1 aliphatic carbocycles. The molecule has 3 fully saturated rings. The zero-order valence-corrected chi connectivity index (χ0v) is 12.5. The maximum Gasteiger partial charge on any atom is 0.0108 e. The Kier molecular flexibility index (Phi) is 3.44. The lowest BCUT2D eigenvalue weighted by atomic mass is 9.59. The van der Waals surface area contributed by atoms with Gasteiger partial charge in [0.15, 0.2) is 0 Å². The number of hydrogen-bond donors (Lipinski definition) is 0. The van der Waals surface area contributed by atoms with Crippen LogP contribution in [0.5, 0.6) is 0 Å². The molecule has 104 valence electrons. The van der Waals surface area contributed by atoms with E-state index in [1.807, 2.05) is 0 Å². The molecule has 3 aliphatic rings. The lowest BCUT2D eigenvalue weighted by Crippen LogP contribution is -2.68. The molecular formula is C16H30N2. The molecule has 1 spiro atoms. The van der Waals surface area contributed by atoms with Crippen LogP contribution in [-0.2, 0) is 0 Å². The van der Waals surface area contributed by atoms with Crippen molar-refractivity contribution >= 4 is 0 Å². The van der Waals surface area contributed by atoms with Crippen molar-refractivity contribution in [3.63, 3.8) is 0 Å². The quantitative estimate of drug-likeness (QED) is 0.760. The Bertz CT molecular complexity index is 277. The van der Waals surface area contributed by atoms with Crippen LogP contribution in [0.15, 0.2) is 0 Å². The van der Waals surface area contributed by atoms with E-state index in [0.29, 0.717) is 0 Å². The van der Waals surface area contributed by atoms with Gasteiger partial charge in [0.05, 0.1) is 0 Å². The summed E-state index contributed by atoms with van der Waals surface area (Å²) in [4.78, 5) is 5.44. The molecule has 0 unspecified atom stereocenters. The third kappa shape index (κ3) is 2.22. The highest BCUT2D eigenvalue weighted by atomic mass is 15.3. The summed E-state index contributed by atoms with van der Waals surface area (Å²) in [5.74, 6) is 1.02. The van der Waals surface area contributed by atoms with Gasteiger partial charge in [0.1, 0.15) is 0 Å². The lowest BCUT2D eigenvalue weighted by molar-refractivity contribution is -0.124. The second kappa shape index (κ2) is 4.79. The predicted molar refractivity (Wildman–Crippen MR) is 76.8 cm³/mol. The summed E-state index contributed by atoms with van der Waals surface area (Å²) < 4.78 is 0. The zero-order chi connectivity index (χ0) is 12.8. The zero-order valence-electron chi connectivity index (χ0n) is 12.5. The molecule has 2 heterocycles. The van der Waals surface area contributed by atoms with Crippen LogP contribution in [0.3, 0.4) is 0 Å². The fraction of sp³-hybridized carbons (Fsp3) is 1.00. The molecule has 2 aliphatic heterocycles. The number of nitrogens with zero attached hydrogens (tertiary/aromatic N) is 2. The minimum Gasteiger partial charge on any atom is -0.300 e. The van der Waals surface area contributed by atoms with Gasteiger partial charge in [0.25, 0.3) is 0 Å². The van der Waals surface area contributed by atoms with E-state index >= 15 is 0 Å². The molecule has 0 N–H and O–H groups in total. The Balaban J connectivity index is 1.41. The largest absolute Gasteiger partial charge is 0.300 e. The van der Waals surface area contributed by atoms with Gasteiger partial charge in [-0.25, -0.2) is 0 Å². The highest BCUT2D eigenvalue weighted by Gasteiger charge is 2.53. The summed E-state index contributed by atoms with van der Waals surface area (Å²) in [6.45, 7) is 12.5. The molecule has 0 amide bonds. The Morgan fingerprint density at radius 1 is 1.11 bits per heavy atom. The van der Waals surface area contributed by atoms with E-state index < -0.39 is 0 Å². The second-order valence-corrected chi connectivity index (χ2v) is 7.45. The van der Waals surface area contributed by atoms with E-state index in [4.69, 9.17) is 0 Å². The number of piperidine rings is 1. The van der Waals surface area contributed by atoms with Crippen molar-refractivity contribution < 1.29 is 0 Å². The Morgan fingerprint density at radius 3 is 2.22 bits per heavy atom. The predicted octanol–water partition coefficient (Wildman–Crippen LogP) is 2.98. The molecular weight excluding hydrogens is 220 g/mol. The smallest absolute Gasteiger partial charge is 0.0108 e. The maximum atomic E-state index is 2.80. The highest BCUT2D eigenvalue weighted by molar-refractivity contribution is 5.08. The Hall–Kier alpha value is -0.0800. The van der Waals surface area contributed by atoms with E-state index in [1.165, 1.54) is 58.3 Å². The first-order valence-electron chi connectivity index (χ1n) is 8.10. The van der Waals surface area contributed by atoms with Crippen LogP contribution in [0.2, 0.25) is 0 Å². The molecule has 1 saturated carbocycles. The topological polar surface area (TPSA) is 6.48 Å². The maximum absolute atomic E-state index is 2.80. The number of rotatable bonds is 3. The average Bonchev–Trinajstić information content (AvgIpc) is 2.25. The van der Waals surface area contributed by atoms with Gasteiger partial charge < -0.3 is 4.90 Å². The van der Waals surface area contributed by atoms with Crippen molar-refractivity contribution in [3.05, 3.63) is 0 Å². The van der Waals surface area contributed by atoms with Crippen LogP contribution >= 0.6 is 0 Å². The van der Waals surface area contributed by atoms with Crippen LogP contribution in [-0.4, -0.2) is 48.1 Å². The van der Waals surface area contributed by atoms with E-state index in [9.17, 15) is 0 Å². The van der Waals surface area contributed by atoms with E-state index in [-0.39, 0.29) is 0 Å². The van der Waals surface area contributed by atoms with E-state index in [0.717, 1.165) is 23.4 Å². The normalized spacial score (nSPS) is 30.7. The van der Waals surface area contributed by atoms with Gasteiger partial charge in [0.2, 0.25) is 0 Å². The monoisotopic (exact) mass is 250 g/mol. The summed E-state index contributed by atoms with van der Waals surface area (Å²) in [5, 5.41) is 0. The van der Waals surface area contributed by atoms with E-state index in [1.54, 1.807) is 0 Å². The second-order valence-electron chi connectivity index (χ2n) is 7.45. The summed E-state index contributed by atoms with van der Waals surface area (Å²) in [6, 6.07) is 1.70. The van der Waals surface area contributed by atoms with Gasteiger partial charge in [-0.2, -0.15) is 0 Å². The van der Waals surface area contributed by atoms with Crippen LogP contribution in [0.1, 0.15) is 52.9 Å². The molecule has 0 bridgehead atoms. The van der Waals surface area contributed by atoms with Crippen molar-refractivity contribution in [1.82, 2.24) is 9.80 Å². The Labute approximate surface area is 113 Å². The highest BCUT2D eigenvalue weighted by Crippen LogP contribution is 2.51. The first kappa shape index (κ1) is 12.9. The first-order chi connectivity index (χ1) is 8.62. The van der Waals surface area contributed by atoms with Crippen molar-refractivity contribution in [2.45, 2.75) is 65.0 Å². The average molecular weight is 250 g/mol. The molecule has 2 heteroatoms. The third-order valence-corrected chi connectivity index (χ3v) is 5.89. The third-order valence-electron chi connectivity index (χ3n) is 5.89. The summed E-state index contributed by atoms with van der Waals surface area (Å²) in [6.07, 6.45) is 7.29. The fourth-order valence-electron chi connectivity index (χ4n) is 4.36. The molecule has 18 heavy (non-hydrogen) atoms. The summed E-state index contributed by atoms with van der Waals surface area (Å²) in [5.41, 5.74) is 0.747. The summed E-state index contributed by atoms with van der Waals surface area (Å²) in [7, 11) is 0. The molecule has 0 atom stereocenters. The first-order valence-corrected chi connectivity index (χ1v) is 8.10. The van der Waals surface area contributed by atoms with E-state index in [2.05, 4.69) is 30.6 Å². The fourth-order valence-corrected chi connectivity index (χ4v) is 4.36. The minimum atomic E-state index is 0.747. The van der Waals surface area contributed by atoms with Crippen LogP contribution < -0.4 is 0 Å². The molecule has 2 saturated heterocycles. The molecule has 0 aromatic heterocycles. The molecule has 2 nitrogen and oxygen atoms in total. The SMILES string of the molecule is CCC1CCN(C2CC3(C2)CN(C(C)C)C3)CC1. The Morgan fingerprint density at radius 2 is 1.72 bits per heavy atom. The van der Waals surface area contributed by atoms with Gasteiger partial charge in [-0.1, -0.05) is 13.3 Å². The molecule has 0 aromatic rings. The van der Waals surface area contributed by atoms with Crippen molar-refractivity contribution in [2.24, 2.45) is 11.3 Å². The number of hydrogen-bond acceptors (Lipinski definition) is 2. The van der Waals surface area contributed by atoms with Crippen molar-refractivity contribution in [1.29, 1.82) is 0 Å². The standard InChI is InChI=1S/C16H30N2/c1-4-14-5-7-17(8-6-14)15-9-16(10-15)11-18(12-16)13(2)3/h13-15H,4-12H2,1-3H3. The molecule has 0 aromatic carbocycles. The van der Waals surface area contributed by atoms with Gasteiger partial charge in [0, 0.05) is 25.2 Å². The van der Waals surface area contributed by atoms with Crippen LogP contribution in [0.4, 0.5) is 0 Å². The van der Waals surface area contributed by atoms with Crippen molar-refractivity contribution in [3.8, 4) is 0 Å². The minimum absolute atomic E-state index is 0.747. The molecule has 0 radical (unpaired) electrons. The van der Waals surface area contributed by atoms with Gasteiger partial charge in [-0.15, -0.1) is 0 Å². The van der Waals surface area contributed by atoms with Crippen LogP contribution in [0, 0.1) is 11.3 Å². The van der Waals surface area contributed by atoms with Gasteiger partial charge >= 0.3 is 0 Å². The number of likely N-dealkylation sites (tertiary alicyclic amines) is 2. The van der Waals surface area contributed by atoms with Crippen LogP contribution in [0.25, 0.3) is 0 Å². The van der Waals surface area contributed by atoms with Gasteiger partial charge in [-0.3, -0.25) is 4.90 Å². The lowest BCUT2D eigenvalue weighted by Gasteiger charge is -2.62. The van der Waals surface area contributed by atoms with Gasteiger partial charge in [-0.05, 0) is 64.0 Å². The molecule has 3 rings (SSSR count). The van der Waals surface area contributed by atoms with Crippen molar-refractivity contribution in [2.75, 3.05) is 26.2 Å².